The maximum Gasteiger partial charge on any atom is 0.135 e. The van der Waals surface area contributed by atoms with Crippen molar-refractivity contribution >= 4 is 0 Å². The molecule has 68 valence electrons. The van der Waals surface area contributed by atoms with Gasteiger partial charge in [0.1, 0.15) is 11.6 Å². The Kier molecular flexibility index (Phi) is 2.50. The van der Waals surface area contributed by atoms with Crippen LogP contribution in [-0.2, 0) is 0 Å². The molecule has 0 amide bonds. The second-order valence-corrected chi connectivity index (χ2v) is 3.72. The number of nitrogens with zero attached hydrogens (tertiary/aromatic N) is 3. The van der Waals surface area contributed by atoms with Gasteiger partial charge in [-0.1, -0.05) is 13.8 Å². The average molecular weight is 167 g/mol. The predicted molar refractivity (Wildman–Crippen MR) is 49.2 cm³/mol. The summed E-state index contributed by atoms with van der Waals surface area (Å²) in [6.07, 6.45) is 0. The van der Waals surface area contributed by atoms with E-state index in [1.807, 2.05) is 6.92 Å². The average Bonchev–Trinajstić information content (AvgIpc) is 2.30. The number of hydrogen-bond acceptors (Lipinski definition) is 2. The van der Waals surface area contributed by atoms with Crippen LogP contribution in [-0.4, -0.2) is 14.8 Å². The summed E-state index contributed by atoms with van der Waals surface area (Å²) in [7, 11) is 0. The molecule has 0 radical (unpaired) electrons. The fourth-order valence-electron chi connectivity index (χ4n) is 1.42. The maximum absolute atomic E-state index is 4.15. The first kappa shape index (κ1) is 9.23. The Labute approximate surface area is 73.8 Å². The molecule has 1 rings (SSSR count). The Balaban J connectivity index is 3.12. The third-order valence-corrected chi connectivity index (χ3v) is 1.93. The van der Waals surface area contributed by atoms with E-state index >= 15 is 0 Å². The van der Waals surface area contributed by atoms with Gasteiger partial charge in [-0.15, -0.1) is 10.2 Å². The summed E-state index contributed by atoms with van der Waals surface area (Å²) in [5, 5.41) is 8.22. The molecule has 0 aliphatic carbocycles. The fourth-order valence-corrected chi connectivity index (χ4v) is 1.42. The molecule has 0 saturated carbocycles. The summed E-state index contributed by atoms with van der Waals surface area (Å²) < 4.78 is 2.19. The number of aromatic nitrogens is 3. The van der Waals surface area contributed by atoms with E-state index in [0.717, 1.165) is 11.6 Å². The van der Waals surface area contributed by atoms with Crippen molar-refractivity contribution in [3.05, 3.63) is 11.6 Å². The highest BCUT2D eigenvalue weighted by Crippen LogP contribution is 2.17. The van der Waals surface area contributed by atoms with Gasteiger partial charge in [0, 0.05) is 12.0 Å². The highest BCUT2D eigenvalue weighted by Gasteiger charge is 2.13. The van der Waals surface area contributed by atoms with E-state index in [2.05, 4.69) is 42.5 Å². The summed E-state index contributed by atoms with van der Waals surface area (Å²) in [6, 6.07) is 0.456. The van der Waals surface area contributed by atoms with E-state index in [4.69, 9.17) is 0 Å². The van der Waals surface area contributed by atoms with Crippen molar-refractivity contribution in [1.29, 1.82) is 0 Å². The zero-order chi connectivity index (χ0) is 9.30. The molecule has 3 nitrogen and oxygen atoms in total. The summed E-state index contributed by atoms with van der Waals surface area (Å²) in [4.78, 5) is 0. The molecule has 0 aliphatic heterocycles. The van der Waals surface area contributed by atoms with Crippen molar-refractivity contribution in [2.24, 2.45) is 0 Å². The van der Waals surface area contributed by atoms with Gasteiger partial charge in [0.25, 0.3) is 0 Å². The Morgan fingerprint density at radius 3 is 2.00 bits per heavy atom. The van der Waals surface area contributed by atoms with Gasteiger partial charge in [-0.05, 0) is 20.8 Å². The van der Waals surface area contributed by atoms with E-state index in [0.29, 0.717) is 12.0 Å². The lowest BCUT2D eigenvalue weighted by molar-refractivity contribution is 0.538. The minimum Gasteiger partial charge on any atom is -0.312 e. The lowest BCUT2D eigenvalue weighted by atomic mass is 10.2. The van der Waals surface area contributed by atoms with Crippen LogP contribution < -0.4 is 0 Å². The summed E-state index contributed by atoms with van der Waals surface area (Å²) in [6.45, 7) is 10.6. The van der Waals surface area contributed by atoms with Crippen molar-refractivity contribution < 1.29 is 0 Å². The molecule has 0 saturated heterocycles. The standard InChI is InChI=1S/C9H17N3/c1-6(2)9-11-10-8(5)12(9)7(3)4/h6-7H,1-5H3. The van der Waals surface area contributed by atoms with Crippen LogP contribution in [0.25, 0.3) is 0 Å². The Bertz CT molecular complexity index is 261. The number of rotatable bonds is 2. The van der Waals surface area contributed by atoms with Gasteiger partial charge in [0.15, 0.2) is 0 Å². The second kappa shape index (κ2) is 3.25. The summed E-state index contributed by atoms with van der Waals surface area (Å²) >= 11 is 0. The van der Waals surface area contributed by atoms with Crippen LogP contribution in [0.3, 0.4) is 0 Å². The summed E-state index contributed by atoms with van der Waals surface area (Å²) in [5.41, 5.74) is 0. The lowest BCUT2D eigenvalue weighted by Gasteiger charge is -2.13. The molecule has 3 heteroatoms. The molecular weight excluding hydrogens is 150 g/mol. The quantitative estimate of drug-likeness (QED) is 0.676. The van der Waals surface area contributed by atoms with Gasteiger partial charge in [-0.25, -0.2) is 0 Å². The van der Waals surface area contributed by atoms with Crippen LogP contribution in [0.2, 0.25) is 0 Å². The van der Waals surface area contributed by atoms with E-state index in [9.17, 15) is 0 Å². The molecule has 0 unspecified atom stereocenters. The molecule has 0 aromatic carbocycles. The SMILES string of the molecule is Cc1nnc(C(C)C)n1C(C)C. The highest BCUT2D eigenvalue weighted by atomic mass is 15.3. The monoisotopic (exact) mass is 167 g/mol. The smallest absolute Gasteiger partial charge is 0.135 e. The van der Waals surface area contributed by atoms with Gasteiger partial charge < -0.3 is 4.57 Å². The predicted octanol–water partition coefficient (Wildman–Crippen LogP) is 2.29. The number of hydrogen-bond donors (Lipinski definition) is 0. The van der Waals surface area contributed by atoms with E-state index < -0.39 is 0 Å². The largest absolute Gasteiger partial charge is 0.312 e. The van der Waals surface area contributed by atoms with Crippen molar-refractivity contribution in [2.45, 2.75) is 46.6 Å². The zero-order valence-electron chi connectivity index (χ0n) is 8.50. The minimum atomic E-state index is 0.452. The van der Waals surface area contributed by atoms with Crippen molar-refractivity contribution in [3.8, 4) is 0 Å². The second-order valence-electron chi connectivity index (χ2n) is 3.72. The molecule has 0 N–H and O–H groups in total. The van der Waals surface area contributed by atoms with Gasteiger partial charge >= 0.3 is 0 Å². The van der Waals surface area contributed by atoms with E-state index in [-0.39, 0.29) is 0 Å². The Hall–Kier alpha value is -0.860. The van der Waals surface area contributed by atoms with Crippen molar-refractivity contribution in [2.75, 3.05) is 0 Å². The zero-order valence-corrected chi connectivity index (χ0v) is 8.50. The van der Waals surface area contributed by atoms with Crippen LogP contribution in [0.1, 0.15) is 51.3 Å². The molecule has 12 heavy (non-hydrogen) atoms. The lowest BCUT2D eigenvalue weighted by Crippen LogP contribution is -2.09. The van der Waals surface area contributed by atoms with E-state index in [1.54, 1.807) is 0 Å². The van der Waals surface area contributed by atoms with Crippen LogP contribution in [0.15, 0.2) is 0 Å². The van der Waals surface area contributed by atoms with Crippen LogP contribution >= 0.6 is 0 Å². The first-order valence-electron chi connectivity index (χ1n) is 4.45. The van der Waals surface area contributed by atoms with Gasteiger partial charge in [-0.3, -0.25) is 0 Å². The normalized spacial score (nSPS) is 11.6. The molecule has 0 fully saturated rings. The minimum absolute atomic E-state index is 0.452. The van der Waals surface area contributed by atoms with Crippen LogP contribution in [0.5, 0.6) is 0 Å². The number of aryl methyl sites for hydroxylation is 1. The molecule has 0 bridgehead atoms. The molecule has 1 aromatic heterocycles. The molecule has 0 atom stereocenters. The highest BCUT2D eigenvalue weighted by molar-refractivity contribution is 5.00. The first-order chi connectivity index (χ1) is 5.54. The molecule has 1 heterocycles. The van der Waals surface area contributed by atoms with Crippen molar-refractivity contribution in [3.63, 3.8) is 0 Å². The van der Waals surface area contributed by atoms with Crippen LogP contribution in [0.4, 0.5) is 0 Å². The van der Waals surface area contributed by atoms with Gasteiger partial charge in [0.2, 0.25) is 0 Å². The molecule has 1 aromatic rings. The van der Waals surface area contributed by atoms with Gasteiger partial charge in [0.05, 0.1) is 0 Å². The molecular formula is C9H17N3. The Morgan fingerprint density at radius 1 is 1.08 bits per heavy atom. The molecule has 0 spiro atoms. The van der Waals surface area contributed by atoms with E-state index in [1.165, 1.54) is 0 Å². The summed E-state index contributed by atoms with van der Waals surface area (Å²) in [5.74, 6) is 2.55. The molecule has 0 aliphatic rings. The topological polar surface area (TPSA) is 30.7 Å². The van der Waals surface area contributed by atoms with Crippen molar-refractivity contribution in [1.82, 2.24) is 14.8 Å². The third-order valence-electron chi connectivity index (χ3n) is 1.93. The maximum atomic E-state index is 4.15. The fraction of sp³-hybridized carbons (Fsp3) is 0.778. The van der Waals surface area contributed by atoms with Crippen LogP contribution in [0, 0.1) is 6.92 Å². The first-order valence-corrected chi connectivity index (χ1v) is 4.45. The van der Waals surface area contributed by atoms with Gasteiger partial charge in [-0.2, -0.15) is 0 Å². The Morgan fingerprint density at radius 2 is 1.67 bits per heavy atom. The third kappa shape index (κ3) is 1.49.